The van der Waals surface area contributed by atoms with Crippen LogP contribution in [0.25, 0.3) is 33.0 Å². The number of rotatable bonds is 0. The first kappa shape index (κ1) is 14.3. The van der Waals surface area contributed by atoms with Crippen LogP contribution in [0.2, 0.25) is 0 Å². The summed E-state index contributed by atoms with van der Waals surface area (Å²) in [5, 5.41) is 2.73. The molecule has 0 N–H and O–H groups in total. The maximum absolute atomic E-state index is 2.38. The van der Waals surface area contributed by atoms with Crippen molar-refractivity contribution in [3.63, 3.8) is 0 Å². The average Bonchev–Trinajstić information content (AvgIpc) is 3.15. The van der Waals surface area contributed by atoms with E-state index in [9.17, 15) is 0 Å². The van der Waals surface area contributed by atoms with Crippen LogP contribution < -0.4 is 0 Å². The SMILES string of the molecule is CC1(C)c2ccc3c(c2-c2c1ccc1ccccc21)Cc1ccccc1-3. The van der Waals surface area contributed by atoms with E-state index in [1.807, 2.05) is 0 Å². The molecule has 26 heavy (non-hydrogen) atoms. The molecule has 2 aliphatic rings. The van der Waals surface area contributed by atoms with Gasteiger partial charge in [-0.1, -0.05) is 86.6 Å². The van der Waals surface area contributed by atoms with Crippen molar-refractivity contribution in [2.24, 2.45) is 0 Å². The van der Waals surface area contributed by atoms with Gasteiger partial charge in [0.1, 0.15) is 0 Å². The van der Waals surface area contributed by atoms with Gasteiger partial charge in [-0.2, -0.15) is 0 Å². The fourth-order valence-corrected chi connectivity index (χ4v) is 5.22. The lowest BCUT2D eigenvalue weighted by atomic mass is 9.81. The zero-order valence-corrected chi connectivity index (χ0v) is 15.1. The van der Waals surface area contributed by atoms with Gasteiger partial charge in [-0.05, 0) is 61.7 Å². The first-order valence-corrected chi connectivity index (χ1v) is 9.43. The minimum Gasteiger partial charge on any atom is -0.0619 e. The maximum Gasteiger partial charge on any atom is 0.0159 e. The average molecular weight is 332 g/mol. The molecular weight excluding hydrogens is 312 g/mol. The van der Waals surface area contributed by atoms with Crippen molar-refractivity contribution < 1.29 is 0 Å². The summed E-state index contributed by atoms with van der Waals surface area (Å²) in [5.41, 5.74) is 11.8. The van der Waals surface area contributed by atoms with Crippen LogP contribution in [0.5, 0.6) is 0 Å². The minimum atomic E-state index is 0.0541. The summed E-state index contributed by atoms with van der Waals surface area (Å²) in [4.78, 5) is 0. The molecule has 0 unspecified atom stereocenters. The lowest BCUT2D eigenvalue weighted by molar-refractivity contribution is 0.660. The number of benzene rings is 4. The Kier molecular flexibility index (Phi) is 2.56. The van der Waals surface area contributed by atoms with E-state index in [0.717, 1.165) is 6.42 Å². The van der Waals surface area contributed by atoms with E-state index in [4.69, 9.17) is 0 Å². The van der Waals surface area contributed by atoms with Crippen molar-refractivity contribution in [2.75, 3.05) is 0 Å². The Morgan fingerprint density at radius 2 is 1.38 bits per heavy atom. The van der Waals surface area contributed by atoms with Gasteiger partial charge >= 0.3 is 0 Å². The van der Waals surface area contributed by atoms with Crippen LogP contribution in [0.1, 0.15) is 36.1 Å². The van der Waals surface area contributed by atoms with Crippen molar-refractivity contribution in [1.29, 1.82) is 0 Å². The van der Waals surface area contributed by atoms with E-state index < -0.39 is 0 Å². The van der Waals surface area contributed by atoms with Gasteiger partial charge in [0, 0.05) is 5.41 Å². The molecule has 0 saturated carbocycles. The third-order valence-electron chi connectivity index (χ3n) is 6.51. The molecule has 2 aliphatic carbocycles. The molecule has 0 heteroatoms. The molecule has 4 aromatic carbocycles. The van der Waals surface area contributed by atoms with Crippen LogP contribution in [0, 0.1) is 0 Å². The molecule has 0 aromatic heterocycles. The summed E-state index contributed by atoms with van der Waals surface area (Å²) >= 11 is 0. The Labute approximate surface area is 154 Å². The van der Waals surface area contributed by atoms with E-state index in [-0.39, 0.29) is 5.41 Å². The molecule has 0 aliphatic heterocycles. The lowest BCUT2D eigenvalue weighted by Crippen LogP contribution is -2.15. The van der Waals surface area contributed by atoms with E-state index >= 15 is 0 Å². The second-order valence-corrected chi connectivity index (χ2v) is 8.18. The van der Waals surface area contributed by atoms with Gasteiger partial charge in [-0.25, -0.2) is 0 Å². The van der Waals surface area contributed by atoms with Crippen molar-refractivity contribution in [1.82, 2.24) is 0 Å². The summed E-state index contributed by atoms with van der Waals surface area (Å²) < 4.78 is 0. The number of fused-ring (bicyclic) bond motifs is 9. The van der Waals surface area contributed by atoms with Crippen LogP contribution in [0.15, 0.2) is 72.8 Å². The van der Waals surface area contributed by atoms with Crippen LogP contribution in [-0.2, 0) is 11.8 Å². The highest BCUT2D eigenvalue weighted by atomic mass is 14.4. The Hall–Kier alpha value is -2.86. The second-order valence-electron chi connectivity index (χ2n) is 8.18. The molecule has 124 valence electrons. The zero-order chi connectivity index (χ0) is 17.5. The van der Waals surface area contributed by atoms with Gasteiger partial charge < -0.3 is 0 Å². The summed E-state index contributed by atoms with van der Waals surface area (Å²) in [5.74, 6) is 0. The van der Waals surface area contributed by atoms with E-state index in [2.05, 4.69) is 86.6 Å². The third kappa shape index (κ3) is 1.60. The molecule has 4 aromatic rings. The molecule has 0 radical (unpaired) electrons. The van der Waals surface area contributed by atoms with Crippen molar-refractivity contribution >= 4 is 10.8 Å². The Morgan fingerprint density at radius 1 is 0.654 bits per heavy atom. The summed E-state index contributed by atoms with van der Waals surface area (Å²) in [6, 6.07) is 27.1. The van der Waals surface area contributed by atoms with Crippen LogP contribution in [0.4, 0.5) is 0 Å². The van der Waals surface area contributed by atoms with Gasteiger partial charge in [0.05, 0.1) is 0 Å². The monoisotopic (exact) mass is 332 g/mol. The van der Waals surface area contributed by atoms with Gasteiger partial charge in [-0.3, -0.25) is 0 Å². The van der Waals surface area contributed by atoms with E-state index in [0.29, 0.717) is 0 Å². The highest BCUT2D eigenvalue weighted by molar-refractivity contribution is 6.05. The van der Waals surface area contributed by atoms with Gasteiger partial charge in [0.25, 0.3) is 0 Å². The summed E-state index contributed by atoms with van der Waals surface area (Å²) in [7, 11) is 0. The first-order valence-electron chi connectivity index (χ1n) is 9.43. The smallest absolute Gasteiger partial charge is 0.0159 e. The topological polar surface area (TPSA) is 0 Å². The largest absolute Gasteiger partial charge is 0.0619 e. The van der Waals surface area contributed by atoms with E-state index in [1.165, 1.54) is 55.3 Å². The predicted molar refractivity (Wildman–Crippen MR) is 110 cm³/mol. The van der Waals surface area contributed by atoms with Crippen LogP contribution in [0.3, 0.4) is 0 Å². The molecule has 0 atom stereocenters. The molecular formula is C26H20. The Balaban J connectivity index is 1.77. The van der Waals surface area contributed by atoms with Crippen LogP contribution >= 0.6 is 0 Å². The fourth-order valence-electron chi connectivity index (χ4n) is 5.22. The molecule has 0 amide bonds. The van der Waals surface area contributed by atoms with Gasteiger partial charge in [0.15, 0.2) is 0 Å². The van der Waals surface area contributed by atoms with Crippen molar-refractivity contribution in [2.45, 2.75) is 25.7 Å². The molecule has 6 rings (SSSR count). The lowest BCUT2D eigenvalue weighted by Gasteiger charge is -2.22. The number of hydrogen-bond donors (Lipinski definition) is 0. The normalized spacial score (nSPS) is 15.5. The van der Waals surface area contributed by atoms with Crippen molar-refractivity contribution in [3.05, 3.63) is 95.1 Å². The number of hydrogen-bond acceptors (Lipinski definition) is 0. The molecule has 0 heterocycles. The van der Waals surface area contributed by atoms with Crippen LogP contribution in [-0.4, -0.2) is 0 Å². The van der Waals surface area contributed by atoms with Gasteiger partial charge in [0.2, 0.25) is 0 Å². The Morgan fingerprint density at radius 3 is 2.31 bits per heavy atom. The third-order valence-corrected chi connectivity index (χ3v) is 6.51. The van der Waals surface area contributed by atoms with Crippen molar-refractivity contribution in [3.8, 4) is 22.3 Å². The zero-order valence-electron chi connectivity index (χ0n) is 15.1. The molecule has 0 bridgehead atoms. The fraction of sp³-hybridized carbons (Fsp3) is 0.154. The molecule has 0 nitrogen and oxygen atoms in total. The quantitative estimate of drug-likeness (QED) is 0.295. The molecule has 0 spiro atoms. The highest BCUT2D eigenvalue weighted by Gasteiger charge is 2.39. The highest BCUT2D eigenvalue weighted by Crippen LogP contribution is 2.55. The summed E-state index contributed by atoms with van der Waals surface area (Å²) in [6.07, 6.45) is 1.05. The standard InChI is InChI=1S/C26H20/c1-26(2)22-13-11-16-7-3-6-10-19(16)24(22)25-21-15-17-8-4-5-9-18(17)20(21)12-14-23(25)26/h3-14H,15H2,1-2H3. The van der Waals surface area contributed by atoms with Gasteiger partial charge in [-0.15, -0.1) is 0 Å². The minimum absolute atomic E-state index is 0.0541. The van der Waals surface area contributed by atoms with E-state index in [1.54, 1.807) is 0 Å². The molecule has 0 saturated heterocycles. The molecule has 0 fully saturated rings. The predicted octanol–water partition coefficient (Wildman–Crippen LogP) is 6.72. The summed E-state index contributed by atoms with van der Waals surface area (Å²) in [6.45, 7) is 4.75. The second kappa shape index (κ2) is 4.65. The first-order chi connectivity index (χ1) is 12.7. The Bertz CT molecular complexity index is 1220. The maximum atomic E-state index is 2.38.